The van der Waals surface area contributed by atoms with E-state index < -0.39 is 0 Å². The van der Waals surface area contributed by atoms with E-state index in [0.717, 1.165) is 34.9 Å². The Morgan fingerprint density at radius 3 is 2.94 bits per heavy atom. The van der Waals surface area contributed by atoms with Gasteiger partial charge in [0.25, 0.3) is 0 Å². The van der Waals surface area contributed by atoms with Crippen LogP contribution in [0.25, 0.3) is 11.0 Å². The van der Waals surface area contributed by atoms with Crippen LogP contribution in [0.3, 0.4) is 0 Å². The third kappa shape index (κ3) is 2.78. The van der Waals surface area contributed by atoms with E-state index in [0.29, 0.717) is 11.5 Å². The summed E-state index contributed by atoms with van der Waals surface area (Å²) >= 11 is 2.36. The number of alkyl halides is 1. The number of nitrogen functional groups attached to an aromatic ring is 2. The molecule has 0 atom stereocenters. The van der Waals surface area contributed by atoms with Crippen LogP contribution in [0.4, 0.5) is 11.8 Å². The van der Waals surface area contributed by atoms with Gasteiger partial charge in [-0.05, 0) is 18.5 Å². The first kappa shape index (κ1) is 12.4. The zero-order chi connectivity index (χ0) is 12.3. The topological polar surface area (TPSA) is 106 Å². The molecule has 0 saturated carbocycles. The molecule has 2 rings (SSSR count). The van der Waals surface area contributed by atoms with Crippen LogP contribution in [0.1, 0.15) is 12.0 Å². The average molecular weight is 346 g/mol. The number of rotatable bonds is 5. The van der Waals surface area contributed by atoms with Crippen molar-refractivity contribution < 1.29 is 0 Å². The van der Waals surface area contributed by atoms with Gasteiger partial charge in [-0.15, -0.1) is 0 Å². The van der Waals surface area contributed by atoms with Crippen LogP contribution in [0.2, 0.25) is 0 Å². The fourth-order valence-corrected chi connectivity index (χ4v) is 2.08. The number of halogens is 1. The Hall–Kier alpha value is -1.09. The van der Waals surface area contributed by atoms with Crippen molar-refractivity contribution in [3.8, 4) is 0 Å². The third-order valence-electron chi connectivity index (χ3n) is 2.46. The highest BCUT2D eigenvalue weighted by molar-refractivity contribution is 14.1. The SMILES string of the molecule is Nc1nc(N)c2c(CNCCCI)c[nH]c2n1. The van der Waals surface area contributed by atoms with Gasteiger partial charge in [-0.3, -0.25) is 0 Å². The predicted molar refractivity (Wildman–Crippen MR) is 77.9 cm³/mol. The van der Waals surface area contributed by atoms with Crippen LogP contribution >= 0.6 is 22.6 Å². The number of H-pyrrole nitrogens is 1. The van der Waals surface area contributed by atoms with Crippen molar-refractivity contribution in [2.75, 3.05) is 22.4 Å². The maximum atomic E-state index is 5.85. The molecule has 17 heavy (non-hydrogen) atoms. The normalized spacial score (nSPS) is 11.1. The van der Waals surface area contributed by atoms with Gasteiger partial charge >= 0.3 is 0 Å². The zero-order valence-corrected chi connectivity index (χ0v) is 11.5. The molecule has 0 bridgehead atoms. The van der Waals surface area contributed by atoms with Crippen molar-refractivity contribution in [2.24, 2.45) is 0 Å². The zero-order valence-electron chi connectivity index (χ0n) is 9.33. The monoisotopic (exact) mass is 346 g/mol. The predicted octanol–water partition coefficient (Wildman–Crippen LogP) is 1.04. The van der Waals surface area contributed by atoms with Gasteiger partial charge in [-0.1, -0.05) is 22.6 Å². The molecule has 92 valence electrons. The average Bonchev–Trinajstić information content (AvgIpc) is 2.68. The molecule has 0 fully saturated rings. The number of nitrogens with one attached hydrogen (secondary N) is 2. The lowest BCUT2D eigenvalue weighted by atomic mass is 10.2. The van der Waals surface area contributed by atoms with Gasteiger partial charge in [-0.25, -0.2) is 0 Å². The van der Waals surface area contributed by atoms with Gasteiger partial charge in [0.05, 0.1) is 5.39 Å². The Morgan fingerprint density at radius 1 is 1.35 bits per heavy atom. The van der Waals surface area contributed by atoms with Crippen LogP contribution in [-0.4, -0.2) is 25.9 Å². The van der Waals surface area contributed by atoms with Crippen molar-refractivity contribution in [2.45, 2.75) is 13.0 Å². The molecule has 2 aromatic rings. The number of fused-ring (bicyclic) bond motifs is 1. The third-order valence-corrected chi connectivity index (χ3v) is 3.22. The van der Waals surface area contributed by atoms with Crippen molar-refractivity contribution in [3.63, 3.8) is 0 Å². The summed E-state index contributed by atoms with van der Waals surface area (Å²) in [7, 11) is 0. The number of aromatic amines is 1. The Bertz CT molecular complexity index is 509. The van der Waals surface area contributed by atoms with Crippen molar-refractivity contribution >= 4 is 45.4 Å². The Balaban J connectivity index is 2.18. The van der Waals surface area contributed by atoms with E-state index >= 15 is 0 Å². The summed E-state index contributed by atoms with van der Waals surface area (Å²) in [5, 5.41) is 4.22. The minimum Gasteiger partial charge on any atom is -0.383 e. The van der Waals surface area contributed by atoms with E-state index in [2.05, 4.69) is 42.9 Å². The molecule has 0 aliphatic rings. The van der Waals surface area contributed by atoms with Crippen molar-refractivity contribution in [1.29, 1.82) is 0 Å². The summed E-state index contributed by atoms with van der Waals surface area (Å²) < 4.78 is 1.15. The fraction of sp³-hybridized carbons (Fsp3) is 0.400. The molecule has 0 unspecified atom stereocenters. The van der Waals surface area contributed by atoms with Crippen LogP contribution in [0, 0.1) is 0 Å². The number of nitrogens with two attached hydrogens (primary N) is 2. The van der Waals surface area contributed by atoms with E-state index in [1.54, 1.807) is 0 Å². The standard InChI is InChI=1S/C10H15IN6/c11-2-1-3-14-4-6-5-15-9-7(6)8(12)16-10(13)17-9/h5,14H,1-4H2,(H5,12,13,15,16,17). The number of nitrogens with zero attached hydrogens (tertiary/aromatic N) is 2. The Kier molecular flexibility index (Phi) is 4.00. The first-order chi connectivity index (χ1) is 8.22. The lowest BCUT2D eigenvalue weighted by molar-refractivity contribution is 0.684. The Labute approximate surface area is 113 Å². The second-order valence-corrected chi connectivity index (χ2v) is 4.80. The first-order valence-corrected chi connectivity index (χ1v) is 6.90. The van der Waals surface area contributed by atoms with Crippen LogP contribution < -0.4 is 16.8 Å². The molecule has 0 radical (unpaired) electrons. The second kappa shape index (κ2) is 5.50. The van der Waals surface area contributed by atoms with E-state index in [1.165, 1.54) is 0 Å². The molecule has 0 aliphatic carbocycles. The number of anilines is 2. The van der Waals surface area contributed by atoms with E-state index in [-0.39, 0.29) is 5.95 Å². The minimum atomic E-state index is 0.196. The molecule has 6 N–H and O–H groups in total. The maximum Gasteiger partial charge on any atom is 0.223 e. The quantitative estimate of drug-likeness (QED) is 0.368. The molecule has 0 aromatic carbocycles. The van der Waals surface area contributed by atoms with Gasteiger partial charge in [0, 0.05) is 17.2 Å². The van der Waals surface area contributed by atoms with Gasteiger partial charge in [0.1, 0.15) is 11.5 Å². The van der Waals surface area contributed by atoms with Gasteiger partial charge in [0.2, 0.25) is 5.95 Å². The van der Waals surface area contributed by atoms with Crippen LogP contribution in [0.5, 0.6) is 0 Å². The highest BCUT2D eigenvalue weighted by Gasteiger charge is 2.09. The van der Waals surface area contributed by atoms with Crippen molar-refractivity contribution in [1.82, 2.24) is 20.3 Å². The molecule has 0 aliphatic heterocycles. The highest BCUT2D eigenvalue weighted by atomic mass is 127. The fourth-order valence-electron chi connectivity index (χ4n) is 1.70. The van der Waals surface area contributed by atoms with Crippen molar-refractivity contribution in [3.05, 3.63) is 11.8 Å². The van der Waals surface area contributed by atoms with E-state index in [1.807, 2.05) is 6.20 Å². The summed E-state index contributed by atoms with van der Waals surface area (Å²) in [6, 6.07) is 0. The Morgan fingerprint density at radius 2 is 2.18 bits per heavy atom. The molecule has 7 heteroatoms. The molecular formula is C10H15IN6. The lowest BCUT2D eigenvalue weighted by Crippen LogP contribution is -2.15. The maximum absolute atomic E-state index is 5.85. The molecular weight excluding hydrogens is 331 g/mol. The summed E-state index contributed by atoms with van der Waals surface area (Å²) in [4.78, 5) is 11.1. The lowest BCUT2D eigenvalue weighted by Gasteiger charge is -2.03. The number of aromatic nitrogens is 3. The summed E-state index contributed by atoms with van der Waals surface area (Å²) in [5.41, 5.74) is 13.2. The van der Waals surface area contributed by atoms with Gasteiger partial charge in [-0.2, -0.15) is 9.97 Å². The molecule has 0 amide bonds. The highest BCUT2D eigenvalue weighted by Crippen LogP contribution is 2.22. The summed E-state index contributed by atoms with van der Waals surface area (Å²) in [6.45, 7) is 1.75. The minimum absolute atomic E-state index is 0.196. The molecule has 0 spiro atoms. The molecule has 2 aromatic heterocycles. The van der Waals surface area contributed by atoms with Gasteiger partial charge in [0.15, 0.2) is 0 Å². The van der Waals surface area contributed by atoms with Crippen LogP contribution in [-0.2, 0) is 6.54 Å². The van der Waals surface area contributed by atoms with Gasteiger partial charge < -0.3 is 21.8 Å². The summed E-state index contributed by atoms with van der Waals surface area (Å²) in [5.74, 6) is 0.626. The van der Waals surface area contributed by atoms with E-state index in [9.17, 15) is 0 Å². The molecule has 6 nitrogen and oxygen atoms in total. The van der Waals surface area contributed by atoms with Crippen LogP contribution in [0.15, 0.2) is 6.20 Å². The largest absolute Gasteiger partial charge is 0.383 e. The smallest absolute Gasteiger partial charge is 0.223 e. The molecule has 2 heterocycles. The second-order valence-electron chi connectivity index (χ2n) is 3.72. The molecule has 0 saturated heterocycles. The first-order valence-electron chi connectivity index (χ1n) is 5.38. The number of hydrogen-bond donors (Lipinski definition) is 4. The number of hydrogen-bond acceptors (Lipinski definition) is 5. The summed E-state index contributed by atoms with van der Waals surface area (Å²) in [6.07, 6.45) is 3.05. The van der Waals surface area contributed by atoms with E-state index in [4.69, 9.17) is 11.5 Å².